The standard InChI is InChI=1S/C21H17F3N4O2/c1-3-28-18(10-4-5-13-11(6-10)9-25-19(13)29)26-27-20(28)21(2)17(24)14-7-12(22)8-15(23)16(14)30-21/h4-8,17H,3,9H2,1-2H3,(H,25,29). The lowest BCUT2D eigenvalue weighted by Crippen LogP contribution is -2.33. The van der Waals surface area contributed by atoms with E-state index in [1.165, 1.54) is 6.92 Å². The molecule has 0 fully saturated rings. The van der Waals surface area contributed by atoms with Gasteiger partial charge >= 0.3 is 0 Å². The van der Waals surface area contributed by atoms with Crippen molar-refractivity contribution in [3.05, 3.63) is 64.5 Å². The summed E-state index contributed by atoms with van der Waals surface area (Å²) in [5.74, 6) is -1.66. The molecular weight excluding hydrogens is 397 g/mol. The molecule has 5 rings (SSSR count). The van der Waals surface area contributed by atoms with Crippen LogP contribution in [0.3, 0.4) is 0 Å². The fraction of sp³-hybridized carbons (Fsp3) is 0.286. The number of benzene rings is 2. The lowest BCUT2D eigenvalue weighted by atomic mass is 9.95. The number of alkyl halides is 1. The van der Waals surface area contributed by atoms with Crippen molar-refractivity contribution in [2.24, 2.45) is 0 Å². The first kappa shape index (κ1) is 18.7. The zero-order valence-electron chi connectivity index (χ0n) is 16.2. The summed E-state index contributed by atoms with van der Waals surface area (Å²) in [6, 6.07) is 6.89. The van der Waals surface area contributed by atoms with Gasteiger partial charge in [0.15, 0.2) is 29.4 Å². The normalized spacial score (nSPS) is 21.9. The largest absolute Gasteiger partial charge is 0.473 e. The van der Waals surface area contributed by atoms with E-state index >= 15 is 4.39 Å². The Balaban J connectivity index is 1.60. The molecule has 2 aliphatic rings. The van der Waals surface area contributed by atoms with Gasteiger partial charge in [-0.2, -0.15) is 0 Å². The van der Waals surface area contributed by atoms with E-state index in [4.69, 9.17) is 4.74 Å². The second-order valence-corrected chi connectivity index (χ2v) is 7.52. The molecule has 0 bridgehead atoms. The van der Waals surface area contributed by atoms with Crippen molar-refractivity contribution < 1.29 is 22.7 Å². The van der Waals surface area contributed by atoms with Gasteiger partial charge in [0.25, 0.3) is 5.91 Å². The summed E-state index contributed by atoms with van der Waals surface area (Å²) in [6.07, 6.45) is -1.83. The Hall–Kier alpha value is -3.36. The van der Waals surface area contributed by atoms with Crippen LogP contribution in [-0.2, 0) is 18.7 Å². The SMILES string of the molecule is CCn1c(-c2ccc3c(c2)CNC3=O)nnc1C1(C)Oc2c(F)cc(F)cc2C1F. The van der Waals surface area contributed by atoms with Crippen molar-refractivity contribution in [1.82, 2.24) is 20.1 Å². The quantitative estimate of drug-likeness (QED) is 0.708. The van der Waals surface area contributed by atoms with Crippen LogP contribution in [0.15, 0.2) is 30.3 Å². The molecule has 0 saturated carbocycles. The summed E-state index contributed by atoms with van der Waals surface area (Å²) in [5, 5.41) is 11.1. The number of halogens is 3. The molecule has 9 heteroatoms. The van der Waals surface area contributed by atoms with Crippen molar-refractivity contribution in [3.63, 3.8) is 0 Å². The fourth-order valence-corrected chi connectivity index (χ4v) is 4.15. The van der Waals surface area contributed by atoms with Crippen molar-refractivity contribution in [1.29, 1.82) is 0 Å². The van der Waals surface area contributed by atoms with Gasteiger partial charge in [0.1, 0.15) is 5.82 Å². The fourth-order valence-electron chi connectivity index (χ4n) is 4.15. The van der Waals surface area contributed by atoms with E-state index < -0.39 is 23.4 Å². The molecular formula is C21H17F3N4O2. The van der Waals surface area contributed by atoms with Gasteiger partial charge in [-0.15, -0.1) is 10.2 Å². The number of fused-ring (bicyclic) bond motifs is 2. The molecule has 154 valence electrons. The van der Waals surface area contributed by atoms with E-state index in [-0.39, 0.29) is 23.0 Å². The number of ether oxygens (including phenoxy) is 1. The lowest BCUT2D eigenvalue weighted by molar-refractivity contribution is 0.0178. The minimum Gasteiger partial charge on any atom is -0.473 e. The second-order valence-electron chi connectivity index (χ2n) is 7.52. The van der Waals surface area contributed by atoms with Crippen LogP contribution in [0.25, 0.3) is 11.4 Å². The minimum atomic E-state index is -1.83. The van der Waals surface area contributed by atoms with Gasteiger partial charge in [-0.05, 0) is 37.6 Å². The van der Waals surface area contributed by atoms with Crippen LogP contribution in [-0.4, -0.2) is 20.7 Å². The zero-order chi connectivity index (χ0) is 21.2. The van der Waals surface area contributed by atoms with Gasteiger partial charge in [-0.25, -0.2) is 13.2 Å². The van der Waals surface area contributed by atoms with E-state index in [9.17, 15) is 13.6 Å². The molecule has 2 aromatic carbocycles. The number of carbonyl (C=O) groups excluding carboxylic acids is 1. The summed E-state index contributed by atoms with van der Waals surface area (Å²) in [5.41, 5.74) is 0.277. The number of nitrogens with zero attached hydrogens (tertiary/aromatic N) is 3. The summed E-state index contributed by atoms with van der Waals surface area (Å²) in [7, 11) is 0. The molecule has 2 aliphatic heterocycles. The van der Waals surface area contributed by atoms with Gasteiger partial charge in [0.05, 0.1) is 0 Å². The van der Waals surface area contributed by atoms with Crippen molar-refractivity contribution in [2.75, 3.05) is 0 Å². The van der Waals surface area contributed by atoms with Crippen LogP contribution in [0.1, 0.15) is 47.3 Å². The summed E-state index contributed by atoms with van der Waals surface area (Å²) < 4.78 is 50.5. The van der Waals surface area contributed by atoms with Crippen molar-refractivity contribution in [2.45, 2.75) is 38.7 Å². The Morgan fingerprint density at radius 2 is 2.07 bits per heavy atom. The third-order valence-electron chi connectivity index (χ3n) is 5.67. The first-order valence-corrected chi connectivity index (χ1v) is 9.50. The molecule has 2 atom stereocenters. The Morgan fingerprint density at radius 3 is 2.83 bits per heavy atom. The van der Waals surface area contributed by atoms with Gasteiger partial charge in [0.2, 0.25) is 5.60 Å². The Labute approximate surface area is 169 Å². The first-order valence-electron chi connectivity index (χ1n) is 9.50. The number of amides is 1. The Bertz CT molecular complexity index is 1210. The highest BCUT2D eigenvalue weighted by Gasteiger charge is 2.52. The molecule has 3 aromatic rings. The third kappa shape index (κ3) is 2.47. The predicted octanol–water partition coefficient (Wildman–Crippen LogP) is 3.81. The number of hydrogen-bond acceptors (Lipinski definition) is 4. The Kier molecular flexibility index (Phi) is 3.93. The molecule has 6 nitrogen and oxygen atoms in total. The Morgan fingerprint density at radius 1 is 1.27 bits per heavy atom. The minimum absolute atomic E-state index is 0.131. The average molecular weight is 414 g/mol. The van der Waals surface area contributed by atoms with Crippen LogP contribution in [0.4, 0.5) is 13.2 Å². The molecule has 30 heavy (non-hydrogen) atoms. The number of aromatic nitrogens is 3. The van der Waals surface area contributed by atoms with Gasteiger partial charge in [-0.1, -0.05) is 6.07 Å². The molecule has 0 saturated heterocycles. The molecule has 0 spiro atoms. The molecule has 1 N–H and O–H groups in total. The average Bonchev–Trinajstić information content (AvgIpc) is 3.39. The molecule has 0 radical (unpaired) electrons. The van der Waals surface area contributed by atoms with Gasteiger partial charge in [-0.3, -0.25) is 4.79 Å². The van der Waals surface area contributed by atoms with Crippen molar-refractivity contribution in [3.8, 4) is 17.1 Å². The van der Waals surface area contributed by atoms with Crippen LogP contribution >= 0.6 is 0 Å². The number of rotatable bonds is 3. The maximum absolute atomic E-state index is 15.4. The molecule has 2 unspecified atom stereocenters. The summed E-state index contributed by atoms with van der Waals surface area (Å²) in [4.78, 5) is 11.8. The third-order valence-corrected chi connectivity index (χ3v) is 5.67. The van der Waals surface area contributed by atoms with Crippen LogP contribution in [0.5, 0.6) is 5.75 Å². The zero-order valence-corrected chi connectivity index (χ0v) is 16.2. The maximum Gasteiger partial charge on any atom is 0.251 e. The van der Waals surface area contributed by atoms with E-state index in [1.54, 1.807) is 16.7 Å². The van der Waals surface area contributed by atoms with E-state index in [0.29, 0.717) is 36.1 Å². The predicted molar refractivity (Wildman–Crippen MR) is 100 cm³/mol. The van der Waals surface area contributed by atoms with Gasteiger partial charge in [0, 0.05) is 35.8 Å². The topological polar surface area (TPSA) is 69.0 Å². The van der Waals surface area contributed by atoms with E-state index in [0.717, 1.165) is 11.6 Å². The first-order chi connectivity index (χ1) is 14.3. The summed E-state index contributed by atoms with van der Waals surface area (Å²) >= 11 is 0. The maximum atomic E-state index is 15.4. The van der Waals surface area contributed by atoms with E-state index in [1.807, 2.05) is 13.0 Å². The molecule has 0 aliphatic carbocycles. The van der Waals surface area contributed by atoms with Crippen molar-refractivity contribution >= 4 is 5.91 Å². The molecule has 1 amide bonds. The molecule has 1 aromatic heterocycles. The van der Waals surface area contributed by atoms with E-state index in [2.05, 4.69) is 15.5 Å². The smallest absolute Gasteiger partial charge is 0.251 e. The highest BCUT2D eigenvalue weighted by atomic mass is 19.1. The van der Waals surface area contributed by atoms with Crippen LogP contribution in [0, 0.1) is 11.6 Å². The monoisotopic (exact) mass is 414 g/mol. The summed E-state index contributed by atoms with van der Waals surface area (Å²) in [6.45, 7) is 4.10. The lowest BCUT2D eigenvalue weighted by Gasteiger charge is -2.26. The number of nitrogens with one attached hydrogen (secondary N) is 1. The van der Waals surface area contributed by atoms with Crippen LogP contribution < -0.4 is 10.1 Å². The highest BCUT2D eigenvalue weighted by molar-refractivity contribution is 5.98. The highest BCUT2D eigenvalue weighted by Crippen LogP contribution is 2.52. The second kappa shape index (κ2) is 6.32. The molecule has 3 heterocycles. The number of hydrogen-bond donors (Lipinski definition) is 1. The van der Waals surface area contributed by atoms with Crippen LogP contribution in [0.2, 0.25) is 0 Å². The van der Waals surface area contributed by atoms with Gasteiger partial charge < -0.3 is 14.6 Å². The number of carbonyl (C=O) groups is 1.